The molecule has 0 fully saturated rings. The van der Waals surface area contributed by atoms with Crippen molar-refractivity contribution in [2.24, 2.45) is 0 Å². The fourth-order valence-corrected chi connectivity index (χ4v) is 3.33. The largest absolute Gasteiger partial charge is 0.497 e. The van der Waals surface area contributed by atoms with Crippen LogP contribution in [0.15, 0.2) is 48.5 Å². The van der Waals surface area contributed by atoms with Crippen LogP contribution in [0.2, 0.25) is 0 Å². The van der Waals surface area contributed by atoms with Crippen molar-refractivity contribution < 1.29 is 19.1 Å². The number of hydrogen-bond donors (Lipinski definition) is 2. The number of carbonyl (C=O) groups is 2. The van der Waals surface area contributed by atoms with Crippen molar-refractivity contribution in [1.29, 1.82) is 0 Å². The van der Waals surface area contributed by atoms with Crippen LogP contribution >= 0.6 is 0 Å². The van der Waals surface area contributed by atoms with E-state index in [1.807, 2.05) is 36.4 Å². The zero-order chi connectivity index (χ0) is 19.3. The summed E-state index contributed by atoms with van der Waals surface area (Å²) in [6.07, 6.45) is 1.43. The third-order valence-corrected chi connectivity index (χ3v) is 4.97. The highest BCUT2D eigenvalue weighted by molar-refractivity contribution is 6.35. The van der Waals surface area contributed by atoms with E-state index in [9.17, 15) is 9.59 Å². The molecule has 2 amide bonds. The molecule has 2 aromatic carbocycles. The molecule has 6 nitrogen and oxygen atoms in total. The number of ether oxygens (including phenoxy) is 2. The molecule has 3 rings (SSSR count). The summed E-state index contributed by atoms with van der Waals surface area (Å²) in [6.45, 7) is 0.560. The van der Waals surface area contributed by atoms with Crippen molar-refractivity contribution in [3.63, 3.8) is 0 Å². The summed E-state index contributed by atoms with van der Waals surface area (Å²) in [5.41, 5.74) is 2.82. The lowest BCUT2D eigenvalue weighted by atomic mass is 10.00. The van der Waals surface area contributed by atoms with Crippen LogP contribution in [0.5, 0.6) is 5.75 Å². The second kappa shape index (κ2) is 8.22. The van der Waals surface area contributed by atoms with E-state index in [0.717, 1.165) is 11.3 Å². The number of methoxy groups -OCH3 is 2. The maximum absolute atomic E-state index is 12.2. The maximum Gasteiger partial charge on any atom is 0.309 e. The van der Waals surface area contributed by atoms with Gasteiger partial charge < -0.3 is 20.1 Å². The topological polar surface area (TPSA) is 76.7 Å². The first-order valence-corrected chi connectivity index (χ1v) is 8.86. The highest BCUT2D eigenvalue weighted by Crippen LogP contribution is 2.32. The van der Waals surface area contributed by atoms with Gasteiger partial charge in [0.05, 0.1) is 12.7 Å². The van der Waals surface area contributed by atoms with Crippen LogP contribution in [0, 0.1) is 0 Å². The molecule has 6 heteroatoms. The standard InChI is InChI=1S/C21H24N2O4/c1-26-18-9-7-15(8-10-18)13-22-19(24)20(25)23-14-21(27-2)11-16-5-3-4-6-17(16)12-21/h3-10H,11-14H2,1-2H3,(H,22,24)(H,23,25). The molecule has 0 aliphatic heterocycles. The van der Waals surface area contributed by atoms with Crippen LogP contribution in [0.3, 0.4) is 0 Å². The summed E-state index contributed by atoms with van der Waals surface area (Å²) in [7, 11) is 3.23. The molecular weight excluding hydrogens is 344 g/mol. The zero-order valence-corrected chi connectivity index (χ0v) is 15.6. The maximum atomic E-state index is 12.2. The summed E-state index contributed by atoms with van der Waals surface area (Å²) < 4.78 is 10.8. The first kappa shape index (κ1) is 18.9. The summed E-state index contributed by atoms with van der Waals surface area (Å²) in [6, 6.07) is 15.4. The Hall–Kier alpha value is -2.86. The first-order chi connectivity index (χ1) is 13.0. The van der Waals surface area contributed by atoms with Crippen LogP contribution in [0.4, 0.5) is 0 Å². The lowest BCUT2D eigenvalue weighted by Crippen LogP contribution is -2.49. The molecule has 1 aliphatic rings. The third-order valence-electron chi connectivity index (χ3n) is 4.97. The van der Waals surface area contributed by atoms with E-state index in [4.69, 9.17) is 9.47 Å². The van der Waals surface area contributed by atoms with Gasteiger partial charge in [-0.25, -0.2) is 0 Å². The van der Waals surface area contributed by atoms with Gasteiger partial charge in [-0.15, -0.1) is 0 Å². The summed E-state index contributed by atoms with van der Waals surface area (Å²) in [5.74, 6) is -0.575. The van der Waals surface area contributed by atoms with Crippen molar-refractivity contribution in [3.05, 3.63) is 65.2 Å². The fraction of sp³-hybridized carbons (Fsp3) is 0.333. The van der Waals surface area contributed by atoms with Crippen molar-refractivity contribution in [2.45, 2.75) is 25.0 Å². The number of fused-ring (bicyclic) bond motifs is 1. The number of rotatable bonds is 6. The highest BCUT2D eigenvalue weighted by Gasteiger charge is 2.37. The monoisotopic (exact) mass is 368 g/mol. The Kier molecular flexibility index (Phi) is 5.76. The zero-order valence-electron chi connectivity index (χ0n) is 15.6. The van der Waals surface area contributed by atoms with Gasteiger partial charge in [0, 0.05) is 33.0 Å². The second-order valence-electron chi connectivity index (χ2n) is 6.72. The van der Waals surface area contributed by atoms with Crippen molar-refractivity contribution >= 4 is 11.8 Å². The van der Waals surface area contributed by atoms with E-state index in [2.05, 4.69) is 22.8 Å². The quantitative estimate of drug-likeness (QED) is 0.760. The van der Waals surface area contributed by atoms with Crippen molar-refractivity contribution in [3.8, 4) is 5.75 Å². The van der Waals surface area contributed by atoms with Crippen LogP contribution in [0.1, 0.15) is 16.7 Å². The van der Waals surface area contributed by atoms with Gasteiger partial charge in [-0.2, -0.15) is 0 Å². The highest BCUT2D eigenvalue weighted by atomic mass is 16.5. The minimum Gasteiger partial charge on any atom is -0.497 e. The molecule has 0 aromatic heterocycles. The Morgan fingerprint density at radius 3 is 2.07 bits per heavy atom. The second-order valence-corrected chi connectivity index (χ2v) is 6.72. The Bertz CT molecular complexity index is 792. The number of amides is 2. The van der Waals surface area contributed by atoms with Crippen molar-refractivity contribution in [1.82, 2.24) is 10.6 Å². The van der Waals surface area contributed by atoms with Gasteiger partial charge in [-0.05, 0) is 28.8 Å². The Labute approximate surface area is 158 Å². The molecule has 0 bridgehead atoms. The van der Waals surface area contributed by atoms with Crippen LogP contribution in [-0.2, 0) is 33.7 Å². The number of benzene rings is 2. The smallest absolute Gasteiger partial charge is 0.309 e. The van der Waals surface area contributed by atoms with Crippen molar-refractivity contribution in [2.75, 3.05) is 20.8 Å². The van der Waals surface area contributed by atoms with E-state index < -0.39 is 17.4 Å². The van der Waals surface area contributed by atoms with Gasteiger partial charge in [0.1, 0.15) is 5.75 Å². The van der Waals surface area contributed by atoms with Crippen LogP contribution < -0.4 is 15.4 Å². The molecule has 2 N–H and O–H groups in total. The summed E-state index contributed by atoms with van der Waals surface area (Å²) in [5, 5.41) is 5.34. The summed E-state index contributed by atoms with van der Waals surface area (Å²) >= 11 is 0. The molecule has 0 radical (unpaired) electrons. The molecule has 0 unspecified atom stereocenters. The van der Waals surface area contributed by atoms with E-state index in [0.29, 0.717) is 12.8 Å². The van der Waals surface area contributed by atoms with Crippen LogP contribution in [-0.4, -0.2) is 38.2 Å². The normalized spacial score (nSPS) is 14.3. The van der Waals surface area contributed by atoms with Gasteiger partial charge in [0.2, 0.25) is 0 Å². The Morgan fingerprint density at radius 2 is 1.52 bits per heavy atom. The molecule has 0 saturated heterocycles. The van der Waals surface area contributed by atoms with E-state index in [1.165, 1.54) is 11.1 Å². The van der Waals surface area contributed by atoms with E-state index >= 15 is 0 Å². The van der Waals surface area contributed by atoms with Gasteiger partial charge in [0.25, 0.3) is 0 Å². The molecule has 0 saturated carbocycles. The lowest BCUT2D eigenvalue weighted by Gasteiger charge is -2.27. The average Bonchev–Trinajstić information content (AvgIpc) is 3.09. The molecule has 142 valence electrons. The molecule has 2 aromatic rings. The minimum absolute atomic E-state index is 0.275. The molecular formula is C21H24N2O4. The third kappa shape index (κ3) is 4.46. The molecule has 27 heavy (non-hydrogen) atoms. The number of nitrogens with one attached hydrogen (secondary N) is 2. The van der Waals surface area contributed by atoms with Crippen LogP contribution in [0.25, 0.3) is 0 Å². The average molecular weight is 368 g/mol. The van der Waals surface area contributed by atoms with Gasteiger partial charge in [-0.3, -0.25) is 9.59 Å². The van der Waals surface area contributed by atoms with Gasteiger partial charge >= 0.3 is 11.8 Å². The fourth-order valence-electron chi connectivity index (χ4n) is 3.33. The minimum atomic E-state index is -0.660. The van der Waals surface area contributed by atoms with E-state index in [1.54, 1.807) is 14.2 Å². The SMILES string of the molecule is COc1ccc(CNC(=O)C(=O)NCC2(OC)Cc3ccccc3C2)cc1. The Balaban J connectivity index is 1.50. The van der Waals surface area contributed by atoms with Gasteiger partial charge in [0.15, 0.2) is 0 Å². The number of hydrogen-bond acceptors (Lipinski definition) is 4. The number of carbonyl (C=O) groups excluding carboxylic acids is 2. The van der Waals surface area contributed by atoms with E-state index in [-0.39, 0.29) is 13.1 Å². The first-order valence-electron chi connectivity index (χ1n) is 8.86. The molecule has 0 heterocycles. The molecule has 0 spiro atoms. The molecule has 0 atom stereocenters. The lowest BCUT2D eigenvalue weighted by molar-refractivity contribution is -0.140. The predicted octanol–water partition coefficient (Wildman–Crippen LogP) is 1.61. The summed E-state index contributed by atoms with van der Waals surface area (Å²) in [4.78, 5) is 24.2. The van der Waals surface area contributed by atoms with Gasteiger partial charge in [-0.1, -0.05) is 36.4 Å². The predicted molar refractivity (Wildman–Crippen MR) is 101 cm³/mol. The molecule has 1 aliphatic carbocycles. The Morgan fingerprint density at radius 1 is 0.926 bits per heavy atom.